The van der Waals surface area contributed by atoms with Crippen LogP contribution in [-0.4, -0.2) is 16.8 Å². The van der Waals surface area contributed by atoms with E-state index < -0.39 is 0 Å². The van der Waals surface area contributed by atoms with Crippen molar-refractivity contribution < 1.29 is 4.79 Å². The second-order valence-corrected chi connectivity index (χ2v) is 8.57. The van der Waals surface area contributed by atoms with Gasteiger partial charge in [0.05, 0.1) is 6.21 Å². The molecule has 2 aromatic carbocycles. The van der Waals surface area contributed by atoms with Crippen molar-refractivity contribution in [2.45, 2.75) is 47.0 Å². The van der Waals surface area contributed by atoms with Crippen molar-refractivity contribution in [2.75, 3.05) is 5.32 Å². The van der Waals surface area contributed by atoms with Crippen molar-refractivity contribution >= 4 is 33.9 Å². The third-order valence-corrected chi connectivity index (χ3v) is 6.16. The van der Waals surface area contributed by atoms with Crippen LogP contribution >= 0.6 is 15.9 Å². The molecule has 0 aliphatic rings. The van der Waals surface area contributed by atoms with Gasteiger partial charge in [-0.3, -0.25) is 0 Å². The molecular weight excluding hydrogens is 452 g/mol. The lowest BCUT2D eigenvalue weighted by Gasteiger charge is -2.10. The summed E-state index contributed by atoms with van der Waals surface area (Å²) in [5.41, 5.74) is 9.96. The molecule has 0 unspecified atom stereocenters. The molecule has 1 heterocycles. The largest absolute Gasteiger partial charge is 0.339 e. The average Bonchev–Trinajstić information content (AvgIpc) is 3.03. The molecule has 162 valence electrons. The van der Waals surface area contributed by atoms with E-state index in [1.165, 1.54) is 18.4 Å². The third-order valence-electron chi connectivity index (χ3n) is 5.27. The van der Waals surface area contributed by atoms with Gasteiger partial charge in [0.2, 0.25) is 0 Å². The predicted octanol–water partition coefficient (Wildman–Crippen LogP) is 6.66. The zero-order valence-electron chi connectivity index (χ0n) is 18.5. The SMILES string of the molecule is CCCCc1ccc(-n2c(C)cc(/C=N/NC(=O)Nc3ccc(Br)c(C)c3)c2C)cc1. The van der Waals surface area contributed by atoms with Gasteiger partial charge in [-0.15, -0.1) is 0 Å². The molecule has 0 fully saturated rings. The number of unbranched alkanes of at least 4 members (excludes halogenated alkanes) is 1. The highest BCUT2D eigenvalue weighted by molar-refractivity contribution is 9.10. The highest BCUT2D eigenvalue weighted by Gasteiger charge is 2.10. The second kappa shape index (κ2) is 10.4. The standard InChI is InChI=1S/C25H29BrN4O/c1-5-6-7-20-8-11-23(12-9-20)30-18(3)15-21(19(30)4)16-27-29-25(31)28-22-10-13-24(26)17(2)14-22/h8-16H,5-7H2,1-4H3,(H2,28,29,31)/b27-16+. The molecule has 1 aromatic heterocycles. The Morgan fingerprint density at radius 2 is 1.84 bits per heavy atom. The van der Waals surface area contributed by atoms with Gasteiger partial charge in [-0.1, -0.05) is 41.4 Å². The van der Waals surface area contributed by atoms with Crippen molar-refractivity contribution in [1.82, 2.24) is 9.99 Å². The summed E-state index contributed by atoms with van der Waals surface area (Å²) in [4.78, 5) is 12.1. The van der Waals surface area contributed by atoms with Gasteiger partial charge in [-0.25, -0.2) is 10.2 Å². The highest BCUT2D eigenvalue weighted by Crippen LogP contribution is 2.21. The molecule has 0 aliphatic carbocycles. The summed E-state index contributed by atoms with van der Waals surface area (Å²) in [5.74, 6) is 0. The van der Waals surface area contributed by atoms with Crippen LogP contribution in [0.2, 0.25) is 0 Å². The maximum atomic E-state index is 12.1. The first-order valence-corrected chi connectivity index (χ1v) is 11.3. The van der Waals surface area contributed by atoms with Crippen LogP contribution in [0.15, 0.2) is 58.1 Å². The number of amides is 2. The summed E-state index contributed by atoms with van der Waals surface area (Å²) in [6.45, 7) is 8.32. The zero-order valence-corrected chi connectivity index (χ0v) is 20.1. The summed E-state index contributed by atoms with van der Waals surface area (Å²) in [7, 11) is 0. The fourth-order valence-corrected chi connectivity index (χ4v) is 3.80. The van der Waals surface area contributed by atoms with E-state index >= 15 is 0 Å². The summed E-state index contributed by atoms with van der Waals surface area (Å²) >= 11 is 3.45. The van der Waals surface area contributed by atoms with Gasteiger partial charge in [0.15, 0.2) is 0 Å². The minimum Gasteiger partial charge on any atom is -0.318 e. The van der Waals surface area contributed by atoms with E-state index in [0.717, 1.165) is 39.1 Å². The first kappa shape index (κ1) is 22.8. The zero-order chi connectivity index (χ0) is 22.4. The van der Waals surface area contributed by atoms with Gasteiger partial charge < -0.3 is 9.88 Å². The van der Waals surface area contributed by atoms with Crippen LogP contribution in [0.1, 0.15) is 47.8 Å². The fraction of sp³-hybridized carbons (Fsp3) is 0.280. The topological polar surface area (TPSA) is 58.4 Å². The number of carbonyl (C=O) groups excluding carboxylic acids is 1. The monoisotopic (exact) mass is 480 g/mol. The average molecular weight is 481 g/mol. The first-order valence-electron chi connectivity index (χ1n) is 10.5. The molecule has 3 aromatic rings. The van der Waals surface area contributed by atoms with Gasteiger partial charge >= 0.3 is 6.03 Å². The number of carbonyl (C=O) groups is 1. The van der Waals surface area contributed by atoms with Crippen LogP contribution in [0.25, 0.3) is 5.69 Å². The molecular formula is C25H29BrN4O. The molecule has 0 spiro atoms. The minimum atomic E-state index is -0.380. The number of rotatable bonds is 7. The number of urea groups is 1. The number of nitrogens with one attached hydrogen (secondary N) is 2. The van der Waals surface area contributed by atoms with Gasteiger partial charge in [0.25, 0.3) is 0 Å². The van der Waals surface area contributed by atoms with Crippen molar-refractivity contribution in [2.24, 2.45) is 5.10 Å². The summed E-state index contributed by atoms with van der Waals surface area (Å²) in [5, 5.41) is 6.91. The molecule has 0 saturated heterocycles. The summed E-state index contributed by atoms with van der Waals surface area (Å²) in [6.07, 6.45) is 5.21. The predicted molar refractivity (Wildman–Crippen MR) is 132 cm³/mol. The number of aromatic nitrogens is 1. The molecule has 3 rings (SSSR count). The van der Waals surface area contributed by atoms with Crippen molar-refractivity contribution in [3.05, 3.63) is 81.1 Å². The van der Waals surface area contributed by atoms with E-state index in [-0.39, 0.29) is 6.03 Å². The molecule has 2 N–H and O–H groups in total. The number of halogens is 1. The number of hydrazone groups is 1. The number of benzene rings is 2. The van der Waals surface area contributed by atoms with E-state index in [0.29, 0.717) is 5.69 Å². The van der Waals surface area contributed by atoms with Crippen LogP contribution < -0.4 is 10.7 Å². The maximum Gasteiger partial charge on any atom is 0.339 e. The number of hydrogen-bond acceptors (Lipinski definition) is 2. The second-order valence-electron chi connectivity index (χ2n) is 7.72. The van der Waals surface area contributed by atoms with Crippen molar-refractivity contribution in [3.8, 4) is 5.69 Å². The normalized spacial score (nSPS) is 11.1. The quantitative estimate of drug-likeness (QED) is 0.288. The summed E-state index contributed by atoms with van der Waals surface area (Å²) in [6, 6.07) is 16.1. The van der Waals surface area contributed by atoms with Gasteiger partial charge in [0, 0.05) is 32.8 Å². The van der Waals surface area contributed by atoms with E-state index in [1.54, 1.807) is 6.21 Å². The van der Waals surface area contributed by atoms with Gasteiger partial charge in [0.1, 0.15) is 0 Å². The smallest absolute Gasteiger partial charge is 0.318 e. The maximum absolute atomic E-state index is 12.1. The van der Waals surface area contributed by atoms with Crippen molar-refractivity contribution in [3.63, 3.8) is 0 Å². The molecule has 31 heavy (non-hydrogen) atoms. The lowest BCUT2D eigenvalue weighted by atomic mass is 10.1. The Morgan fingerprint density at radius 1 is 1.10 bits per heavy atom. The molecule has 0 saturated carbocycles. The Bertz CT molecular complexity index is 1080. The lowest BCUT2D eigenvalue weighted by Crippen LogP contribution is -2.24. The van der Waals surface area contributed by atoms with Gasteiger partial charge in [-0.2, -0.15) is 5.10 Å². The Balaban J connectivity index is 1.66. The van der Waals surface area contributed by atoms with Crippen LogP contribution in [0.3, 0.4) is 0 Å². The first-order chi connectivity index (χ1) is 14.9. The Labute approximate surface area is 192 Å². The minimum absolute atomic E-state index is 0.380. The van der Waals surface area contributed by atoms with Crippen LogP contribution in [0.5, 0.6) is 0 Å². The van der Waals surface area contributed by atoms with E-state index in [1.807, 2.05) is 25.1 Å². The number of hydrogen-bond donors (Lipinski definition) is 2. The van der Waals surface area contributed by atoms with Crippen LogP contribution in [-0.2, 0) is 6.42 Å². The molecule has 0 bridgehead atoms. The number of aryl methyl sites for hydroxylation is 3. The number of nitrogens with zero attached hydrogens (tertiary/aromatic N) is 2. The lowest BCUT2D eigenvalue weighted by molar-refractivity contribution is 0.252. The molecule has 2 amide bonds. The third kappa shape index (κ3) is 5.85. The molecule has 0 aliphatic heterocycles. The van der Waals surface area contributed by atoms with E-state index in [2.05, 4.69) is 87.4 Å². The molecule has 6 heteroatoms. The Kier molecular flexibility index (Phi) is 7.69. The fourth-order valence-electron chi connectivity index (χ4n) is 3.55. The number of anilines is 1. The van der Waals surface area contributed by atoms with E-state index in [4.69, 9.17) is 0 Å². The highest BCUT2D eigenvalue weighted by atomic mass is 79.9. The Morgan fingerprint density at radius 3 is 2.52 bits per heavy atom. The van der Waals surface area contributed by atoms with Crippen LogP contribution in [0.4, 0.5) is 10.5 Å². The molecule has 5 nitrogen and oxygen atoms in total. The Hall–Kier alpha value is -2.86. The van der Waals surface area contributed by atoms with Crippen LogP contribution in [0, 0.1) is 20.8 Å². The van der Waals surface area contributed by atoms with Crippen molar-refractivity contribution in [1.29, 1.82) is 0 Å². The van der Waals surface area contributed by atoms with Gasteiger partial charge in [-0.05, 0) is 81.1 Å². The summed E-state index contributed by atoms with van der Waals surface area (Å²) < 4.78 is 3.21. The van der Waals surface area contributed by atoms with E-state index in [9.17, 15) is 4.79 Å². The molecule has 0 atom stereocenters. The molecule has 0 radical (unpaired) electrons.